The van der Waals surface area contributed by atoms with Crippen molar-refractivity contribution in [2.75, 3.05) is 10.7 Å². The van der Waals surface area contributed by atoms with Crippen LogP contribution in [0, 0.1) is 10.1 Å². The zero-order valence-corrected chi connectivity index (χ0v) is 10.1. The summed E-state index contributed by atoms with van der Waals surface area (Å²) in [5.74, 6) is 5.40. The number of nitrogens with two attached hydrogens (primary N) is 1. The molecule has 3 atom stereocenters. The molecule has 0 aromatic carbocycles. The first kappa shape index (κ1) is 12.1. The Morgan fingerprint density at radius 1 is 1.42 bits per heavy atom. The standard InChI is InChI=1S/C10H14N6O3/c11-15-10-8(16(17)18)9(12-4-13-10)14-6-3-5-1-2-7(6)19-5/h4-7H,1-3,11H2,(H2,12,13,14,15). The van der Waals surface area contributed by atoms with Gasteiger partial charge < -0.3 is 15.5 Å². The molecule has 9 nitrogen and oxygen atoms in total. The summed E-state index contributed by atoms with van der Waals surface area (Å²) in [5, 5.41) is 14.2. The summed E-state index contributed by atoms with van der Waals surface area (Å²) >= 11 is 0. The van der Waals surface area contributed by atoms with Gasteiger partial charge in [-0.05, 0) is 19.3 Å². The molecule has 2 aliphatic rings. The molecule has 102 valence electrons. The average Bonchev–Trinajstić information content (AvgIpc) is 3.00. The highest BCUT2D eigenvalue weighted by Gasteiger charge is 2.41. The van der Waals surface area contributed by atoms with Gasteiger partial charge in [0.2, 0.25) is 11.6 Å². The third-order valence-corrected chi connectivity index (χ3v) is 3.57. The van der Waals surface area contributed by atoms with E-state index in [1.54, 1.807) is 0 Å². The lowest BCUT2D eigenvalue weighted by molar-refractivity contribution is -0.383. The molecule has 0 aliphatic carbocycles. The number of hydrazine groups is 1. The number of aromatic nitrogens is 2. The van der Waals surface area contributed by atoms with Crippen LogP contribution in [0.2, 0.25) is 0 Å². The Labute approximate surface area is 108 Å². The summed E-state index contributed by atoms with van der Waals surface area (Å²) in [6.45, 7) is 0. The fourth-order valence-electron chi connectivity index (χ4n) is 2.73. The summed E-state index contributed by atoms with van der Waals surface area (Å²) in [7, 11) is 0. The summed E-state index contributed by atoms with van der Waals surface area (Å²) in [4.78, 5) is 18.2. The van der Waals surface area contributed by atoms with Gasteiger partial charge in [-0.15, -0.1) is 0 Å². The SMILES string of the molecule is NNc1ncnc(NC2CC3CCC2O3)c1[N+](=O)[O-]. The van der Waals surface area contributed by atoms with Crippen LogP contribution in [0.4, 0.5) is 17.3 Å². The van der Waals surface area contributed by atoms with E-state index in [-0.39, 0.29) is 35.6 Å². The van der Waals surface area contributed by atoms with E-state index in [4.69, 9.17) is 10.6 Å². The van der Waals surface area contributed by atoms with Crippen LogP contribution in [-0.4, -0.2) is 33.1 Å². The van der Waals surface area contributed by atoms with Gasteiger partial charge in [-0.3, -0.25) is 10.1 Å². The van der Waals surface area contributed by atoms with Crippen molar-refractivity contribution < 1.29 is 9.66 Å². The van der Waals surface area contributed by atoms with Gasteiger partial charge in [0.05, 0.1) is 23.2 Å². The van der Waals surface area contributed by atoms with Gasteiger partial charge in [0, 0.05) is 0 Å². The Hall–Kier alpha value is -2.00. The van der Waals surface area contributed by atoms with Crippen LogP contribution in [0.25, 0.3) is 0 Å². The first-order valence-electron chi connectivity index (χ1n) is 6.07. The van der Waals surface area contributed by atoms with Crippen molar-refractivity contribution in [3.05, 3.63) is 16.4 Å². The molecule has 3 heterocycles. The molecule has 1 aromatic heterocycles. The highest BCUT2D eigenvalue weighted by atomic mass is 16.6. The molecule has 1 aromatic rings. The summed E-state index contributed by atoms with van der Waals surface area (Å²) in [6, 6.07) is 0.0537. The van der Waals surface area contributed by atoms with Crippen molar-refractivity contribution in [3.8, 4) is 0 Å². The van der Waals surface area contributed by atoms with Crippen LogP contribution in [0.15, 0.2) is 6.33 Å². The zero-order valence-electron chi connectivity index (χ0n) is 10.1. The van der Waals surface area contributed by atoms with Gasteiger partial charge in [-0.25, -0.2) is 15.8 Å². The smallest absolute Gasteiger partial charge is 0.354 e. The molecule has 0 saturated carbocycles. The second kappa shape index (κ2) is 4.59. The Balaban J connectivity index is 1.86. The molecular formula is C10H14N6O3. The number of ether oxygens (including phenoxy) is 1. The maximum absolute atomic E-state index is 11.1. The van der Waals surface area contributed by atoms with Gasteiger partial charge in [0.15, 0.2) is 0 Å². The fourth-order valence-corrected chi connectivity index (χ4v) is 2.73. The Bertz CT molecular complexity index is 510. The fraction of sp³-hybridized carbons (Fsp3) is 0.600. The van der Waals surface area contributed by atoms with Gasteiger partial charge >= 0.3 is 5.69 Å². The third kappa shape index (κ3) is 2.06. The third-order valence-electron chi connectivity index (χ3n) is 3.57. The maximum Gasteiger partial charge on any atom is 0.354 e. The molecular weight excluding hydrogens is 252 g/mol. The van der Waals surface area contributed by atoms with E-state index in [0.29, 0.717) is 0 Å². The van der Waals surface area contributed by atoms with Gasteiger partial charge in [-0.1, -0.05) is 0 Å². The minimum absolute atomic E-state index is 0.00780. The molecule has 0 spiro atoms. The molecule has 0 radical (unpaired) electrons. The van der Waals surface area contributed by atoms with Crippen LogP contribution >= 0.6 is 0 Å². The number of anilines is 2. The van der Waals surface area contributed by atoms with Gasteiger partial charge in [-0.2, -0.15) is 0 Å². The van der Waals surface area contributed by atoms with Crippen LogP contribution in [0.1, 0.15) is 19.3 Å². The second-order valence-electron chi connectivity index (χ2n) is 4.68. The summed E-state index contributed by atoms with van der Waals surface area (Å²) < 4.78 is 5.70. The van der Waals surface area contributed by atoms with Crippen molar-refractivity contribution in [2.45, 2.75) is 37.5 Å². The topological polar surface area (TPSA) is 128 Å². The van der Waals surface area contributed by atoms with E-state index in [0.717, 1.165) is 19.3 Å². The summed E-state index contributed by atoms with van der Waals surface area (Å²) in [5.41, 5.74) is 1.97. The van der Waals surface area contributed by atoms with Crippen molar-refractivity contribution in [1.82, 2.24) is 9.97 Å². The van der Waals surface area contributed by atoms with Crippen LogP contribution in [0.5, 0.6) is 0 Å². The lowest BCUT2D eigenvalue weighted by Gasteiger charge is -2.20. The number of rotatable bonds is 4. The number of nitrogen functional groups attached to an aromatic ring is 1. The first-order chi connectivity index (χ1) is 9.19. The van der Waals surface area contributed by atoms with E-state index in [2.05, 4.69) is 20.7 Å². The number of fused-ring (bicyclic) bond motifs is 2. The van der Waals surface area contributed by atoms with Crippen molar-refractivity contribution >= 4 is 17.3 Å². The number of hydrogen-bond donors (Lipinski definition) is 3. The first-order valence-corrected chi connectivity index (χ1v) is 6.07. The van der Waals surface area contributed by atoms with Crippen molar-refractivity contribution in [3.63, 3.8) is 0 Å². The van der Waals surface area contributed by atoms with E-state index in [1.165, 1.54) is 6.33 Å². The van der Waals surface area contributed by atoms with Gasteiger partial charge in [0.1, 0.15) is 6.33 Å². The van der Waals surface area contributed by atoms with Crippen LogP contribution in [-0.2, 0) is 4.74 Å². The molecule has 2 aliphatic heterocycles. The highest BCUT2D eigenvalue weighted by Crippen LogP contribution is 2.37. The zero-order chi connectivity index (χ0) is 13.4. The van der Waals surface area contributed by atoms with E-state index in [1.807, 2.05) is 0 Å². The lowest BCUT2D eigenvalue weighted by atomic mass is 9.95. The Morgan fingerprint density at radius 3 is 2.79 bits per heavy atom. The molecule has 4 N–H and O–H groups in total. The van der Waals surface area contributed by atoms with Crippen molar-refractivity contribution in [2.24, 2.45) is 5.84 Å². The molecule has 3 rings (SSSR count). The number of nitrogens with one attached hydrogen (secondary N) is 2. The molecule has 0 amide bonds. The lowest BCUT2D eigenvalue weighted by Crippen LogP contribution is -2.31. The largest absolute Gasteiger partial charge is 0.373 e. The number of hydrogen-bond acceptors (Lipinski definition) is 8. The molecule has 3 unspecified atom stereocenters. The quantitative estimate of drug-likeness (QED) is 0.406. The van der Waals surface area contributed by atoms with E-state index >= 15 is 0 Å². The predicted octanol–water partition coefficient (Wildman–Crippen LogP) is 0.402. The minimum atomic E-state index is -0.550. The Kier molecular flexibility index (Phi) is 2.91. The van der Waals surface area contributed by atoms with Crippen LogP contribution < -0.4 is 16.6 Å². The van der Waals surface area contributed by atoms with Crippen LogP contribution in [0.3, 0.4) is 0 Å². The molecule has 2 fully saturated rings. The normalized spacial score (nSPS) is 28.4. The summed E-state index contributed by atoms with van der Waals surface area (Å²) in [6.07, 6.45) is 4.48. The molecule has 19 heavy (non-hydrogen) atoms. The molecule has 2 saturated heterocycles. The minimum Gasteiger partial charge on any atom is -0.373 e. The van der Waals surface area contributed by atoms with E-state index in [9.17, 15) is 10.1 Å². The highest BCUT2D eigenvalue weighted by molar-refractivity contribution is 5.69. The predicted molar refractivity (Wildman–Crippen MR) is 66.4 cm³/mol. The number of nitrogens with zero attached hydrogens (tertiary/aromatic N) is 3. The second-order valence-corrected chi connectivity index (χ2v) is 4.68. The number of nitro groups is 1. The maximum atomic E-state index is 11.1. The molecule has 2 bridgehead atoms. The average molecular weight is 266 g/mol. The Morgan fingerprint density at radius 2 is 2.21 bits per heavy atom. The van der Waals surface area contributed by atoms with E-state index < -0.39 is 4.92 Å². The monoisotopic (exact) mass is 266 g/mol. The molecule has 9 heteroatoms. The van der Waals surface area contributed by atoms with Gasteiger partial charge in [0.25, 0.3) is 0 Å². The van der Waals surface area contributed by atoms with Crippen molar-refractivity contribution in [1.29, 1.82) is 0 Å².